The Labute approximate surface area is 193 Å². The lowest BCUT2D eigenvalue weighted by atomic mass is 9.98. The average Bonchev–Trinajstić information content (AvgIpc) is 3.51. The van der Waals surface area contributed by atoms with E-state index in [0.29, 0.717) is 16.7 Å². The summed E-state index contributed by atoms with van der Waals surface area (Å²) in [5.41, 5.74) is 1.50. The van der Waals surface area contributed by atoms with Gasteiger partial charge >= 0.3 is 6.18 Å². The highest BCUT2D eigenvalue weighted by molar-refractivity contribution is 6.05. The van der Waals surface area contributed by atoms with Gasteiger partial charge in [0.1, 0.15) is 24.0 Å². The lowest BCUT2D eigenvalue weighted by molar-refractivity contribution is -0.162. The van der Waals surface area contributed by atoms with Gasteiger partial charge in [-0.2, -0.15) is 13.2 Å². The summed E-state index contributed by atoms with van der Waals surface area (Å²) in [4.78, 5) is 25.0. The minimum absolute atomic E-state index is 0.0247. The minimum Gasteiger partial charge on any atom is -0.322 e. The molecule has 0 spiro atoms. The summed E-state index contributed by atoms with van der Waals surface area (Å²) in [5, 5.41) is 9.95. The highest BCUT2D eigenvalue weighted by Gasteiger charge is 2.38. The number of benzene rings is 2. The smallest absolute Gasteiger partial charge is 0.322 e. The summed E-state index contributed by atoms with van der Waals surface area (Å²) in [6, 6.07) is 6.78. The fraction of sp³-hybridized carbons (Fsp3) is 0.333. The fourth-order valence-corrected chi connectivity index (χ4v) is 3.64. The SMILES string of the molecule is Cc1cc(F)c(C(=O)Nc2cccc(-c3nncn3[C@@H](C)C(F)(F)F)c2)cc1CC(=O)C1CC1. The third-order valence-corrected chi connectivity index (χ3v) is 5.91. The van der Waals surface area contributed by atoms with Gasteiger partial charge in [-0.1, -0.05) is 12.1 Å². The second kappa shape index (κ2) is 9.00. The average molecular weight is 474 g/mol. The molecule has 2 aromatic carbocycles. The van der Waals surface area contributed by atoms with Gasteiger partial charge in [0.15, 0.2) is 5.82 Å². The molecule has 0 radical (unpaired) electrons. The molecule has 4 rings (SSSR count). The van der Waals surface area contributed by atoms with E-state index in [9.17, 15) is 27.2 Å². The van der Waals surface area contributed by atoms with Gasteiger partial charge in [0, 0.05) is 23.6 Å². The van der Waals surface area contributed by atoms with Gasteiger partial charge in [0.2, 0.25) is 0 Å². The normalized spacial score (nSPS) is 14.6. The standard InChI is InChI=1S/C24H22F4N4O2/c1-13-8-20(25)19(10-17(13)11-21(33)15-6-7-15)23(34)30-18-5-3-4-16(9-18)22-31-29-12-32(22)14(2)24(26,27)28/h3-5,8-10,12,14-15H,6-7,11H2,1-2H3,(H,30,34)/t14-/m0/s1. The zero-order valence-corrected chi connectivity index (χ0v) is 18.5. The van der Waals surface area contributed by atoms with Gasteiger partial charge in [0.05, 0.1) is 5.56 Å². The number of halogens is 4. The van der Waals surface area contributed by atoms with Crippen LogP contribution in [0.2, 0.25) is 0 Å². The van der Waals surface area contributed by atoms with E-state index in [2.05, 4.69) is 15.5 Å². The van der Waals surface area contributed by atoms with Crippen molar-refractivity contribution in [2.45, 2.75) is 45.3 Å². The molecule has 10 heteroatoms. The molecule has 1 heterocycles. The summed E-state index contributed by atoms with van der Waals surface area (Å²) >= 11 is 0. The molecule has 34 heavy (non-hydrogen) atoms. The van der Waals surface area contributed by atoms with Crippen LogP contribution in [0.15, 0.2) is 42.7 Å². The van der Waals surface area contributed by atoms with Crippen LogP contribution in [0, 0.1) is 18.7 Å². The van der Waals surface area contributed by atoms with Crippen molar-refractivity contribution in [1.29, 1.82) is 0 Å². The first-order valence-corrected chi connectivity index (χ1v) is 10.7. The Balaban J connectivity index is 1.57. The lowest BCUT2D eigenvalue weighted by Crippen LogP contribution is -2.24. The molecule has 1 aromatic heterocycles. The molecule has 3 aromatic rings. The van der Waals surface area contributed by atoms with Gasteiger partial charge in [-0.3, -0.25) is 9.59 Å². The van der Waals surface area contributed by atoms with E-state index < -0.39 is 23.9 Å². The van der Waals surface area contributed by atoms with Crippen LogP contribution < -0.4 is 5.32 Å². The van der Waals surface area contributed by atoms with Crippen molar-refractivity contribution in [3.8, 4) is 11.4 Å². The van der Waals surface area contributed by atoms with E-state index >= 15 is 0 Å². The summed E-state index contributed by atoms with van der Waals surface area (Å²) in [6.07, 6.45) is -1.65. The number of aromatic nitrogens is 3. The molecule has 0 aliphatic heterocycles. The Kier molecular flexibility index (Phi) is 6.24. The van der Waals surface area contributed by atoms with Crippen molar-refractivity contribution in [3.63, 3.8) is 0 Å². The number of nitrogens with zero attached hydrogens (tertiary/aromatic N) is 3. The van der Waals surface area contributed by atoms with Crippen LogP contribution in [-0.2, 0) is 11.2 Å². The summed E-state index contributed by atoms with van der Waals surface area (Å²) in [7, 11) is 0. The second-order valence-corrected chi connectivity index (χ2v) is 8.49. The number of amides is 1. The Morgan fingerprint density at radius 1 is 1.21 bits per heavy atom. The quantitative estimate of drug-likeness (QED) is 0.472. The number of aryl methyl sites for hydroxylation is 1. The zero-order valence-electron chi connectivity index (χ0n) is 18.5. The van der Waals surface area contributed by atoms with E-state index in [-0.39, 0.29) is 35.2 Å². The molecule has 1 fully saturated rings. The van der Waals surface area contributed by atoms with Crippen LogP contribution >= 0.6 is 0 Å². The zero-order chi connectivity index (χ0) is 24.6. The van der Waals surface area contributed by atoms with Gasteiger partial charge in [0.25, 0.3) is 5.91 Å². The van der Waals surface area contributed by atoms with Crippen molar-refractivity contribution >= 4 is 17.4 Å². The second-order valence-electron chi connectivity index (χ2n) is 8.49. The Morgan fingerprint density at radius 3 is 2.62 bits per heavy atom. The highest BCUT2D eigenvalue weighted by Crippen LogP contribution is 2.34. The molecule has 0 saturated heterocycles. The Bertz CT molecular complexity index is 1250. The molecule has 178 valence electrons. The van der Waals surface area contributed by atoms with E-state index in [1.165, 1.54) is 36.4 Å². The number of ketones is 1. The Morgan fingerprint density at radius 2 is 1.94 bits per heavy atom. The van der Waals surface area contributed by atoms with Crippen molar-refractivity contribution in [2.75, 3.05) is 5.32 Å². The third-order valence-electron chi connectivity index (χ3n) is 5.91. The van der Waals surface area contributed by atoms with Gasteiger partial charge < -0.3 is 9.88 Å². The van der Waals surface area contributed by atoms with Gasteiger partial charge in [-0.25, -0.2) is 4.39 Å². The van der Waals surface area contributed by atoms with Gasteiger partial charge in [-0.05, 0) is 62.1 Å². The number of alkyl halides is 3. The monoisotopic (exact) mass is 474 g/mol. The van der Waals surface area contributed by atoms with Crippen LogP contribution in [0.25, 0.3) is 11.4 Å². The van der Waals surface area contributed by atoms with Crippen molar-refractivity contribution in [3.05, 3.63) is 65.2 Å². The molecule has 6 nitrogen and oxygen atoms in total. The summed E-state index contributed by atoms with van der Waals surface area (Å²) < 4.78 is 55.0. The molecule has 1 aliphatic carbocycles. The largest absolute Gasteiger partial charge is 0.408 e. The van der Waals surface area contributed by atoms with Crippen molar-refractivity contribution in [2.24, 2.45) is 5.92 Å². The number of anilines is 1. The van der Waals surface area contributed by atoms with E-state index in [1.807, 2.05) is 0 Å². The molecule has 0 bridgehead atoms. The first-order valence-electron chi connectivity index (χ1n) is 10.7. The van der Waals surface area contributed by atoms with Crippen molar-refractivity contribution < 1.29 is 27.2 Å². The number of Topliss-reactive ketones (excluding diaryl/α,β-unsaturated/α-hetero) is 1. The molecule has 1 atom stereocenters. The van der Waals surface area contributed by atoms with Crippen LogP contribution in [0.5, 0.6) is 0 Å². The molecule has 1 N–H and O–H groups in total. The van der Waals surface area contributed by atoms with Crippen LogP contribution in [0.1, 0.15) is 47.3 Å². The number of carbonyl (C=O) groups excluding carboxylic acids is 2. The number of hydrogen-bond acceptors (Lipinski definition) is 4. The predicted molar refractivity (Wildman–Crippen MR) is 117 cm³/mol. The maximum Gasteiger partial charge on any atom is 0.408 e. The summed E-state index contributed by atoms with van der Waals surface area (Å²) in [6.45, 7) is 2.67. The first-order chi connectivity index (χ1) is 16.0. The van der Waals surface area contributed by atoms with E-state index in [4.69, 9.17) is 0 Å². The molecule has 0 unspecified atom stereocenters. The topological polar surface area (TPSA) is 76.9 Å². The Hall–Kier alpha value is -3.56. The maximum absolute atomic E-state index is 14.6. The number of hydrogen-bond donors (Lipinski definition) is 1. The van der Waals surface area contributed by atoms with Crippen LogP contribution in [0.4, 0.5) is 23.2 Å². The lowest BCUT2D eigenvalue weighted by Gasteiger charge is -2.18. The van der Waals surface area contributed by atoms with Crippen LogP contribution in [0.3, 0.4) is 0 Å². The molecular formula is C24H22F4N4O2. The van der Waals surface area contributed by atoms with E-state index in [0.717, 1.165) is 30.7 Å². The number of rotatable bonds is 7. The highest BCUT2D eigenvalue weighted by atomic mass is 19.4. The molecule has 1 aliphatic rings. The first kappa shape index (κ1) is 23.6. The predicted octanol–water partition coefficient (Wildman–Crippen LogP) is 5.29. The molecule has 1 saturated carbocycles. The summed E-state index contributed by atoms with van der Waals surface area (Å²) in [5.74, 6) is -1.37. The maximum atomic E-state index is 14.6. The van der Waals surface area contributed by atoms with Crippen LogP contribution in [-0.4, -0.2) is 32.6 Å². The fourth-order valence-electron chi connectivity index (χ4n) is 3.64. The molecular weight excluding hydrogens is 452 g/mol. The minimum atomic E-state index is -4.50. The van der Waals surface area contributed by atoms with E-state index in [1.54, 1.807) is 6.92 Å². The number of carbonyl (C=O) groups is 2. The third kappa shape index (κ3) is 5.00. The van der Waals surface area contributed by atoms with Gasteiger partial charge in [-0.15, -0.1) is 10.2 Å². The van der Waals surface area contributed by atoms with Crippen molar-refractivity contribution in [1.82, 2.24) is 14.8 Å². The number of nitrogens with one attached hydrogen (secondary N) is 1. The molecule has 1 amide bonds.